The molecule has 0 atom stereocenters. The number of hydrogen-bond donors (Lipinski definition) is 2. The number of methoxy groups -OCH3 is 2. The van der Waals surface area contributed by atoms with Crippen LogP contribution in [-0.4, -0.2) is 44.8 Å². The van der Waals surface area contributed by atoms with Crippen molar-refractivity contribution in [3.8, 4) is 11.5 Å². The first-order chi connectivity index (χ1) is 10.9. The highest BCUT2D eigenvalue weighted by Crippen LogP contribution is 2.33. The average molecular weight is 532 g/mol. The molecule has 24 heavy (non-hydrogen) atoms. The molecule has 0 fully saturated rings. The van der Waals surface area contributed by atoms with Gasteiger partial charge in [0.2, 0.25) is 0 Å². The van der Waals surface area contributed by atoms with Gasteiger partial charge in [-0.2, -0.15) is 11.8 Å². The molecule has 0 unspecified atom stereocenters. The van der Waals surface area contributed by atoms with Gasteiger partial charge in [0.05, 0.1) is 14.2 Å². The second kappa shape index (κ2) is 11.3. The fourth-order valence-electron chi connectivity index (χ4n) is 1.80. The third kappa shape index (κ3) is 7.26. The normalized spacial score (nSPS) is 11.5. The van der Waals surface area contributed by atoms with Gasteiger partial charge in [0.1, 0.15) is 0 Å². The zero-order chi connectivity index (χ0) is 17.5. The number of nitrogens with zero attached hydrogens (tertiary/aromatic N) is 1. The van der Waals surface area contributed by atoms with E-state index in [1.54, 1.807) is 21.3 Å². The van der Waals surface area contributed by atoms with Gasteiger partial charge in [0, 0.05) is 29.4 Å². The van der Waals surface area contributed by atoms with E-state index < -0.39 is 0 Å². The van der Waals surface area contributed by atoms with Gasteiger partial charge < -0.3 is 20.1 Å². The molecule has 0 aliphatic carbocycles. The number of aliphatic imine (C=N–C) groups is 1. The van der Waals surface area contributed by atoms with E-state index in [1.807, 2.05) is 23.9 Å². The molecule has 0 spiro atoms. The number of ether oxygens (including phenoxy) is 2. The van der Waals surface area contributed by atoms with Crippen molar-refractivity contribution in [3.05, 3.63) is 22.2 Å². The summed E-state index contributed by atoms with van der Waals surface area (Å²) in [5, 5.41) is 6.66. The van der Waals surface area contributed by atoms with Crippen LogP contribution >= 0.6 is 51.7 Å². The van der Waals surface area contributed by atoms with E-state index in [9.17, 15) is 0 Å². The third-order valence-electron chi connectivity index (χ3n) is 3.46. The molecule has 0 bridgehead atoms. The van der Waals surface area contributed by atoms with Crippen molar-refractivity contribution in [1.29, 1.82) is 0 Å². The molecule has 0 saturated carbocycles. The van der Waals surface area contributed by atoms with Gasteiger partial charge in [-0.15, -0.1) is 24.0 Å². The van der Waals surface area contributed by atoms with Crippen LogP contribution in [0.4, 0.5) is 0 Å². The average Bonchev–Trinajstić information content (AvgIpc) is 2.55. The number of thioether (sulfide) groups is 1. The first kappa shape index (κ1) is 23.6. The minimum Gasteiger partial charge on any atom is -0.493 e. The second-order valence-corrected chi connectivity index (χ2v) is 7.91. The maximum Gasteiger partial charge on any atom is 0.191 e. The van der Waals surface area contributed by atoms with Crippen LogP contribution in [0, 0.1) is 0 Å². The van der Waals surface area contributed by atoms with Gasteiger partial charge in [0.15, 0.2) is 17.5 Å². The lowest BCUT2D eigenvalue weighted by atomic mass is 10.2. The number of hydrogen-bond acceptors (Lipinski definition) is 4. The quantitative estimate of drug-likeness (QED) is 0.317. The third-order valence-corrected chi connectivity index (χ3v) is 5.44. The lowest BCUT2D eigenvalue weighted by molar-refractivity contribution is 0.354. The van der Waals surface area contributed by atoms with Gasteiger partial charge in [0.25, 0.3) is 0 Å². The largest absolute Gasteiger partial charge is 0.493 e. The van der Waals surface area contributed by atoms with E-state index in [-0.39, 0.29) is 28.7 Å². The standard InChI is InChI=1S/C16H26BrN3O2S.HI/c1-16(2,23-6)10-20-15(18-3)19-9-11-7-13(21-4)14(22-5)8-12(11)17;/h7-8H,9-10H2,1-6H3,(H2,18,19,20);1H. The van der Waals surface area contributed by atoms with Crippen LogP contribution in [0.2, 0.25) is 0 Å². The molecule has 5 nitrogen and oxygen atoms in total. The van der Waals surface area contributed by atoms with Gasteiger partial charge in [-0.05, 0) is 37.8 Å². The summed E-state index contributed by atoms with van der Waals surface area (Å²) < 4.78 is 11.8. The number of nitrogens with one attached hydrogen (secondary N) is 2. The zero-order valence-electron chi connectivity index (χ0n) is 15.0. The Bertz CT molecular complexity index is 556. The van der Waals surface area contributed by atoms with Gasteiger partial charge in [-0.3, -0.25) is 4.99 Å². The Morgan fingerprint density at radius 2 is 1.79 bits per heavy atom. The summed E-state index contributed by atoms with van der Waals surface area (Å²) in [4.78, 5) is 4.26. The molecule has 1 aromatic rings. The molecule has 0 radical (unpaired) electrons. The van der Waals surface area contributed by atoms with Crippen LogP contribution in [0.15, 0.2) is 21.6 Å². The molecule has 0 aromatic heterocycles. The molecule has 0 saturated heterocycles. The van der Waals surface area contributed by atoms with Crippen molar-refractivity contribution < 1.29 is 9.47 Å². The Balaban J connectivity index is 0.00000529. The summed E-state index contributed by atoms with van der Waals surface area (Å²) in [6, 6.07) is 3.86. The molecule has 138 valence electrons. The smallest absolute Gasteiger partial charge is 0.191 e. The lowest BCUT2D eigenvalue weighted by Gasteiger charge is -2.24. The Morgan fingerprint density at radius 1 is 1.21 bits per heavy atom. The predicted octanol–water partition coefficient (Wildman–Crippen LogP) is 3.89. The van der Waals surface area contributed by atoms with E-state index in [0.29, 0.717) is 18.0 Å². The van der Waals surface area contributed by atoms with Crippen LogP contribution in [0.1, 0.15) is 19.4 Å². The summed E-state index contributed by atoms with van der Waals surface area (Å²) in [6.07, 6.45) is 2.11. The van der Waals surface area contributed by atoms with Crippen LogP contribution < -0.4 is 20.1 Å². The number of benzene rings is 1. The minimum absolute atomic E-state index is 0. The van der Waals surface area contributed by atoms with Crippen molar-refractivity contribution >= 4 is 57.6 Å². The van der Waals surface area contributed by atoms with Crippen molar-refractivity contribution in [1.82, 2.24) is 10.6 Å². The highest BCUT2D eigenvalue weighted by molar-refractivity contribution is 14.0. The van der Waals surface area contributed by atoms with E-state index >= 15 is 0 Å². The predicted molar refractivity (Wildman–Crippen MR) is 118 cm³/mol. The minimum atomic E-state index is 0. The second-order valence-electron chi connectivity index (χ2n) is 5.54. The Morgan fingerprint density at radius 3 is 2.29 bits per heavy atom. The van der Waals surface area contributed by atoms with E-state index in [2.05, 4.69) is 51.7 Å². The maximum atomic E-state index is 5.35. The lowest BCUT2D eigenvalue weighted by Crippen LogP contribution is -2.43. The molecule has 0 heterocycles. The van der Waals surface area contributed by atoms with Crippen LogP contribution in [-0.2, 0) is 6.54 Å². The molecular weight excluding hydrogens is 505 g/mol. The van der Waals surface area contributed by atoms with Crippen molar-refractivity contribution in [2.75, 3.05) is 34.1 Å². The molecule has 2 N–H and O–H groups in total. The van der Waals surface area contributed by atoms with Crippen LogP contribution in [0.5, 0.6) is 11.5 Å². The summed E-state index contributed by atoms with van der Waals surface area (Å²) in [7, 11) is 5.03. The van der Waals surface area contributed by atoms with Crippen LogP contribution in [0.25, 0.3) is 0 Å². The van der Waals surface area contributed by atoms with Gasteiger partial charge in [-0.25, -0.2) is 0 Å². The molecular formula is C16H27BrIN3O2S. The van der Waals surface area contributed by atoms with Crippen molar-refractivity contribution in [3.63, 3.8) is 0 Å². The van der Waals surface area contributed by atoms with Crippen LogP contribution in [0.3, 0.4) is 0 Å². The topological polar surface area (TPSA) is 54.9 Å². The van der Waals surface area contributed by atoms with Gasteiger partial charge in [-0.1, -0.05) is 15.9 Å². The number of rotatable bonds is 7. The monoisotopic (exact) mass is 531 g/mol. The summed E-state index contributed by atoms with van der Waals surface area (Å²) in [5.74, 6) is 2.18. The highest BCUT2D eigenvalue weighted by Gasteiger charge is 2.16. The first-order valence-electron chi connectivity index (χ1n) is 7.27. The zero-order valence-corrected chi connectivity index (χ0v) is 19.8. The molecule has 0 amide bonds. The summed E-state index contributed by atoms with van der Waals surface area (Å²) in [6.45, 7) is 5.85. The Labute approximate surface area is 174 Å². The van der Waals surface area contributed by atoms with E-state index in [4.69, 9.17) is 9.47 Å². The molecule has 1 rings (SSSR count). The fourth-order valence-corrected chi connectivity index (χ4v) is 2.48. The summed E-state index contributed by atoms with van der Waals surface area (Å²) in [5.41, 5.74) is 1.06. The summed E-state index contributed by atoms with van der Waals surface area (Å²) >= 11 is 5.39. The molecule has 0 aliphatic heterocycles. The van der Waals surface area contributed by atoms with Crippen molar-refractivity contribution in [2.45, 2.75) is 25.1 Å². The molecule has 0 aliphatic rings. The number of guanidine groups is 1. The Kier molecular flexibility index (Phi) is 11.1. The first-order valence-corrected chi connectivity index (χ1v) is 9.28. The number of halogens is 2. The SMILES string of the molecule is CN=C(NCc1cc(OC)c(OC)cc1Br)NCC(C)(C)SC.I. The van der Waals surface area contributed by atoms with Crippen molar-refractivity contribution in [2.24, 2.45) is 4.99 Å². The highest BCUT2D eigenvalue weighted by atomic mass is 127. The van der Waals surface area contributed by atoms with E-state index in [1.165, 1.54) is 0 Å². The Hall–Kier alpha value is -0.350. The molecule has 1 aromatic carbocycles. The van der Waals surface area contributed by atoms with E-state index in [0.717, 1.165) is 22.5 Å². The van der Waals surface area contributed by atoms with Gasteiger partial charge >= 0.3 is 0 Å². The fraction of sp³-hybridized carbons (Fsp3) is 0.562. The molecule has 8 heteroatoms. The maximum absolute atomic E-state index is 5.35.